The molecule has 4 heteroatoms. The Morgan fingerprint density at radius 3 is 2.83 bits per heavy atom. The fourth-order valence-electron chi connectivity index (χ4n) is 3.63. The maximum absolute atomic E-state index is 11.7. The fourth-order valence-corrected chi connectivity index (χ4v) is 4.56. The molecule has 0 aliphatic heterocycles. The van der Waals surface area contributed by atoms with Crippen LogP contribution in [0.5, 0.6) is 5.75 Å². The van der Waals surface area contributed by atoms with Crippen molar-refractivity contribution < 1.29 is 9.84 Å². The van der Waals surface area contributed by atoms with Gasteiger partial charge in [-0.1, -0.05) is 24.3 Å². The number of thiophene rings is 1. The summed E-state index contributed by atoms with van der Waals surface area (Å²) in [5.41, 5.74) is 1.30. The number of hydrogen-bond donors (Lipinski definition) is 1. The summed E-state index contributed by atoms with van der Waals surface area (Å²) in [6, 6.07) is 12.1. The van der Waals surface area contributed by atoms with Crippen molar-refractivity contribution in [1.82, 2.24) is 4.90 Å². The second-order valence-corrected chi connectivity index (χ2v) is 7.64. The summed E-state index contributed by atoms with van der Waals surface area (Å²) in [6.45, 7) is 0.879. The van der Waals surface area contributed by atoms with Crippen LogP contribution in [0.1, 0.15) is 23.3 Å². The van der Waals surface area contributed by atoms with Gasteiger partial charge in [-0.25, -0.2) is 0 Å². The number of methoxy groups -OCH3 is 1. The lowest BCUT2D eigenvalue weighted by Gasteiger charge is -2.32. The highest BCUT2D eigenvalue weighted by Gasteiger charge is 2.47. The molecule has 0 saturated heterocycles. The molecule has 1 N–H and O–H groups in total. The summed E-state index contributed by atoms with van der Waals surface area (Å²) in [5.74, 6) is 1.05. The van der Waals surface area contributed by atoms with Gasteiger partial charge in [0.05, 0.1) is 7.11 Å². The van der Waals surface area contributed by atoms with Gasteiger partial charge in [-0.05, 0) is 61.7 Å². The summed E-state index contributed by atoms with van der Waals surface area (Å²) in [7, 11) is 5.81. The zero-order valence-corrected chi connectivity index (χ0v) is 15.3. The van der Waals surface area contributed by atoms with Gasteiger partial charge in [0.1, 0.15) is 11.4 Å². The molecule has 1 fully saturated rings. The Balaban J connectivity index is 2.01. The molecule has 2 aromatic rings. The molecule has 128 valence electrons. The minimum Gasteiger partial charge on any atom is -0.497 e. The number of ether oxygens (including phenoxy) is 1. The Hall–Kier alpha value is -1.62. The fraction of sp³-hybridized carbons (Fsp3) is 0.400. The van der Waals surface area contributed by atoms with Crippen molar-refractivity contribution in [3.8, 4) is 5.75 Å². The molecule has 1 aromatic carbocycles. The first-order chi connectivity index (χ1) is 11.5. The minimum absolute atomic E-state index is 0.211. The van der Waals surface area contributed by atoms with E-state index in [9.17, 15) is 5.11 Å². The number of hydrogen-bond acceptors (Lipinski definition) is 4. The van der Waals surface area contributed by atoms with E-state index in [1.807, 2.05) is 29.6 Å². The van der Waals surface area contributed by atoms with Crippen LogP contribution in [0.3, 0.4) is 0 Å². The van der Waals surface area contributed by atoms with Crippen molar-refractivity contribution in [1.29, 1.82) is 0 Å². The molecule has 3 rings (SSSR count). The largest absolute Gasteiger partial charge is 0.497 e. The molecule has 0 radical (unpaired) electrons. The zero-order valence-electron chi connectivity index (χ0n) is 14.5. The second-order valence-electron chi connectivity index (χ2n) is 6.69. The molecule has 1 aliphatic carbocycles. The van der Waals surface area contributed by atoms with Crippen molar-refractivity contribution in [3.63, 3.8) is 0 Å². The topological polar surface area (TPSA) is 32.7 Å². The van der Waals surface area contributed by atoms with Crippen LogP contribution in [0.25, 0.3) is 6.08 Å². The molecule has 1 heterocycles. The van der Waals surface area contributed by atoms with Crippen molar-refractivity contribution >= 4 is 17.4 Å². The molecule has 24 heavy (non-hydrogen) atoms. The summed E-state index contributed by atoms with van der Waals surface area (Å²) in [4.78, 5) is 3.21. The first-order valence-corrected chi connectivity index (χ1v) is 9.18. The third-order valence-corrected chi connectivity index (χ3v) is 5.75. The van der Waals surface area contributed by atoms with Gasteiger partial charge in [-0.2, -0.15) is 0 Å². The molecular formula is C20H25NO2S. The van der Waals surface area contributed by atoms with E-state index in [0.29, 0.717) is 0 Å². The predicted molar refractivity (Wildman–Crippen MR) is 100 cm³/mol. The average molecular weight is 343 g/mol. The van der Waals surface area contributed by atoms with Gasteiger partial charge in [-0.15, -0.1) is 11.3 Å². The minimum atomic E-state index is -0.873. The van der Waals surface area contributed by atoms with Gasteiger partial charge in [0.25, 0.3) is 0 Å². The SMILES string of the molecule is COc1cccc(/C=C2\CCC(CN(C)C)C2(O)c2cccs2)c1. The predicted octanol–water partition coefficient (Wildman–Crippen LogP) is 4.00. The molecule has 0 amide bonds. The van der Waals surface area contributed by atoms with E-state index in [4.69, 9.17) is 4.74 Å². The lowest BCUT2D eigenvalue weighted by Crippen LogP contribution is -2.37. The molecule has 0 bridgehead atoms. The third-order valence-electron chi connectivity index (χ3n) is 4.76. The summed E-state index contributed by atoms with van der Waals surface area (Å²) >= 11 is 1.64. The zero-order chi connectivity index (χ0) is 17.2. The van der Waals surface area contributed by atoms with E-state index in [2.05, 4.69) is 37.2 Å². The molecule has 3 nitrogen and oxygen atoms in total. The molecule has 0 spiro atoms. The smallest absolute Gasteiger partial charge is 0.124 e. The first kappa shape index (κ1) is 17.2. The second kappa shape index (κ2) is 7.09. The highest BCUT2D eigenvalue weighted by molar-refractivity contribution is 7.10. The van der Waals surface area contributed by atoms with E-state index in [1.54, 1.807) is 18.4 Å². The summed E-state index contributed by atoms with van der Waals surface area (Å²) in [6.07, 6.45) is 4.06. The highest BCUT2D eigenvalue weighted by Crippen LogP contribution is 2.49. The van der Waals surface area contributed by atoms with Gasteiger partial charge in [0.2, 0.25) is 0 Å². The van der Waals surface area contributed by atoms with Crippen molar-refractivity contribution in [3.05, 3.63) is 57.8 Å². The monoisotopic (exact) mass is 343 g/mol. The van der Waals surface area contributed by atoms with Crippen LogP contribution >= 0.6 is 11.3 Å². The van der Waals surface area contributed by atoms with Gasteiger partial charge in [0, 0.05) is 17.3 Å². The number of rotatable bonds is 5. The van der Waals surface area contributed by atoms with Crippen molar-refractivity contribution in [2.24, 2.45) is 5.92 Å². The quantitative estimate of drug-likeness (QED) is 0.891. The van der Waals surface area contributed by atoms with Gasteiger partial charge >= 0.3 is 0 Å². The Kier molecular flexibility index (Phi) is 5.09. The average Bonchev–Trinajstić information content (AvgIpc) is 3.19. The molecule has 1 aromatic heterocycles. The Morgan fingerprint density at radius 2 is 2.17 bits per heavy atom. The summed E-state index contributed by atoms with van der Waals surface area (Å²) in [5, 5.41) is 13.7. The third kappa shape index (κ3) is 3.27. The van der Waals surface area contributed by atoms with Crippen LogP contribution < -0.4 is 4.74 Å². The lowest BCUT2D eigenvalue weighted by molar-refractivity contribution is 0.0250. The van der Waals surface area contributed by atoms with Crippen molar-refractivity contribution in [2.45, 2.75) is 18.4 Å². The molecule has 2 unspecified atom stereocenters. The Labute approximate surface area is 148 Å². The van der Waals surface area contributed by atoms with E-state index in [0.717, 1.165) is 41.1 Å². The standard InChI is InChI=1S/C20H25NO2S/c1-21(2)14-17-10-9-16(20(17,22)19-8-5-11-24-19)12-15-6-4-7-18(13-15)23-3/h4-8,11-13,17,22H,9-10,14H2,1-3H3/b16-12+. The molecular weight excluding hydrogens is 318 g/mol. The van der Waals surface area contributed by atoms with Crippen LogP contribution in [0, 0.1) is 5.92 Å². The van der Waals surface area contributed by atoms with E-state index < -0.39 is 5.60 Å². The number of aliphatic hydroxyl groups is 1. The number of benzene rings is 1. The lowest BCUT2D eigenvalue weighted by atomic mass is 9.85. The van der Waals surface area contributed by atoms with E-state index in [1.165, 1.54) is 0 Å². The summed E-state index contributed by atoms with van der Waals surface area (Å²) < 4.78 is 5.32. The van der Waals surface area contributed by atoms with Crippen LogP contribution in [-0.4, -0.2) is 37.8 Å². The molecule has 1 aliphatic rings. The van der Waals surface area contributed by atoms with Gasteiger partial charge in [0.15, 0.2) is 0 Å². The van der Waals surface area contributed by atoms with Crippen molar-refractivity contribution in [2.75, 3.05) is 27.7 Å². The van der Waals surface area contributed by atoms with E-state index >= 15 is 0 Å². The van der Waals surface area contributed by atoms with Crippen LogP contribution in [0.2, 0.25) is 0 Å². The maximum atomic E-state index is 11.7. The van der Waals surface area contributed by atoms with Gasteiger partial charge in [-0.3, -0.25) is 0 Å². The Morgan fingerprint density at radius 1 is 1.33 bits per heavy atom. The molecule has 2 atom stereocenters. The van der Waals surface area contributed by atoms with E-state index in [-0.39, 0.29) is 5.92 Å². The van der Waals surface area contributed by atoms with Crippen LogP contribution in [-0.2, 0) is 5.60 Å². The molecule has 1 saturated carbocycles. The highest BCUT2D eigenvalue weighted by atomic mass is 32.1. The number of nitrogens with zero attached hydrogens (tertiary/aromatic N) is 1. The van der Waals surface area contributed by atoms with Gasteiger partial charge < -0.3 is 14.7 Å². The first-order valence-electron chi connectivity index (χ1n) is 8.30. The van der Waals surface area contributed by atoms with Crippen LogP contribution in [0.4, 0.5) is 0 Å². The Bertz CT molecular complexity index is 708. The normalized spacial score (nSPS) is 25.5. The van der Waals surface area contributed by atoms with Crippen LogP contribution in [0.15, 0.2) is 47.4 Å². The maximum Gasteiger partial charge on any atom is 0.124 e.